The Morgan fingerprint density at radius 1 is 0.919 bits per heavy atom. The van der Waals surface area contributed by atoms with Gasteiger partial charge in [-0.2, -0.15) is 18.6 Å². The fraction of sp³-hybridized carbons (Fsp3) is 0.480. The molecule has 2 aliphatic rings. The van der Waals surface area contributed by atoms with Crippen molar-refractivity contribution in [1.29, 1.82) is 0 Å². The Bertz CT molecular complexity index is 1340. The molecule has 0 atom stereocenters. The maximum absolute atomic E-state index is 12.5. The molecule has 200 valence electrons. The average molecular weight is 529 g/mol. The molecule has 2 amide bonds. The monoisotopic (exact) mass is 528 g/mol. The molecule has 1 aromatic carbocycles. The number of carbonyl (C=O) groups excluding carboxylic acids is 1. The van der Waals surface area contributed by atoms with Gasteiger partial charge in [0.25, 0.3) is 0 Å². The Morgan fingerprint density at radius 3 is 1.97 bits per heavy atom. The zero-order valence-electron chi connectivity index (χ0n) is 21.8. The van der Waals surface area contributed by atoms with Crippen molar-refractivity contribution in [3.8, 4) is 0 Å². The third kappa shape index (κ3) is 6.43. The third-order valence-corrected chi connectivity index (χ3v) is 7.43. The van der Waals surface area contributed by atoms with Crippen molar-refractivity contribution < 1.29 is 13.2 Å². The van der Waals surface area contributed by atoms with Crippen LogP contribution in [0.4, 0.5) is 21.9 Å². The van der Waals surface area contributed by atoms with Crippen LogP contribution in [0, 0.1) is 0 Å². The summed E-state index contributed by atoms with van der Waals surface area (Å²) in [4.78, 5) is 12.5. The zero-order valence-corrected chi connectivity index (χ0v) is 22.6. The second-order valence-corrected chi connectivity index (χ2v) is 11.5. The van der Waals surface area contributed by atoms with E-state index >= 15 is 0 Å². The Kier molecular flexibility index (Phi) is 7.76. The third-order valence-electron chi connectivity index (χ3n) is 6.47. The quantitative estimate of drug-likeness (QED) is 0.380. The van der Waals surface area contributed by atoms with Crippen LogP contribution in [0.15, 0.2) is 30.9 Å². The molecule has 2 heterocycles. The first-order chi connectivity index (χ1) is 17.5. The molecule has 2 aromatic heterocycles. The molecule has 0 saturated heterocycles. The molecule has 2 aliphatic carbocycles. The number of nitrogens with zero attached hydrogens (tertiary/aromatic N) is 4. The predicted molar refractivity (Wildman–Crippen MR) is 145 cm³/mol. The second kappa shape index (κ2) is 10.8. The van der Waals surface area contributed by atoms with Gasteiger partial charge in [0.2, 0.25) is 0 Å². The van der Waals surface area contributed by atoms with Gasteiger partial charge in [0.1, 0.15) is 0 Å². The van der Waals surface area contributed by atoms with E-state index in [1.54, 1.807) is 17.1 Å². The molecule has 3 aromatic rings. The minimum absolute atomic E-state index is 0.108. The number of hydrogen-bond acceptors (Lipinski definition) is 6. The number of urea groups is 1. The molecule has 5 rings (SSSR count). The molecule has 37 heavy (non-hydrogen) atoms. The maximum atomic E-state index is 12.5. The fourth-order valence-electron chi connectivity index (χ4n) is 4.72. The van der Waals surface area contributed by atoms with Gasteiger partial charge in [0.15, 0.2) is 0 Å². The number of hydrogen-bond donors (Lipinski definition) is 4. The van der Waals surface area contributed by atoms with Gasteiger partial charge in [-0.05, 0) is 88.5 Å². The van der Waals surface area contributed by atoms with Crippen LogP contribution in [-0.2, 0) is 35.9 Å². The molecule has 0 spiro atoms. The first-order valence-corrected chi connectivity index (χ1v) is 14.1. The molecule has 0 unspecified atom stereocenters. The van der Waals surface area contributed by atoms with E-state index in [0.29, 0.717) is 11.7 Å². The second-order valence-electron chi connectivity index (χ2n) is 10.0. The van der Waals surface area contributed by atoms with Crippen molar-refractivity contribution in [2.24, 2.45) is 0 Å². The van der Waals surface area contributed by atoms with Crippen molar-refractivity contribution in [3.05, 3.63) is 53.1 Å². The van der Waals surface area contributed by atoms with Crippen LogP contribution in [0.3, 0.4) is 0 Å². The number of carbonyl (C=O) groups is 1. The van der Waals surface area contributed by atoms with E-state index in [9.17, 15) is 13.2 Å². The summed E-state index contributed by atoms with van der Waals surface area (Å²) in [5, 5.41) is 10.9. The fourth-order valence-corrected chi connectivity index (χ4v) is 5.48. The van der Waals surface area contributed by atoms with Crippen LogP contribution in [0.25, 0.3) is 0 Å². The van der Waals surface area contributed by atoms with E-state index in [1.807, 2.05) is 29.4 Å². The van der Waals surface area contributed by atoms with E-state index in [-0.39, 0.29) is 6.04 Å². The molecule has 0 saturated carbocycles. The van der Waals surface area contributed by atoms with E-state index in [0.717, 1.165) is 61.0 Å². The van der Waals surface area contributed by atoms with Crippen LogP contribution < -0.4 is 20.5 Å². The number of aryl methyl sites for hydroxylation is 2. The number of rotatable bonds is 6. The number of aromatic nitrogens is 4. The lowest BCUT2D eigenvalue weighted by Crippen LogP contribution is -2.38. The SMILES string of the molecule is CC(C)n1cc(N)cn1.CC(C)n1cc(NS(=O)(=O)NC(=O)Nc2c3c(cc4c2CCC4)CCC3)cn1. The Labute approximate surface area is 218 Å². The number of amides is 2. The summed E-state index contributed by atoms with van der Waals surface area (Å²) in [5.74, 6) is 0. The lowest BCUT2D eigenvalue weighted by molar-refractivity contribution is 0.256. The summed E-state index contributed by atoms with van der Waals surface area (Å²) in [5.41, 5.74) is 12.1. The molecular formula is C25H36N8O3S. The van der Waals surface area contributed by atoms with Crippen molar-refractivity contribution in [2.45, 2.75) is 78.3 Å². The minimum Gasteiger partial charge on any atom is -0.396 e. The number of nitrogens with one attached hydrogen (secondary N) is 3. The van der Waals surface area contributed by atoms with Crippen molar-refractivity contribution in [3.63, 3.8) is 0 Å². The summed E-state index contributed by atoms with van der Waals surface area (Å²) in [6, 6.07) is 2.02. The van der Waals surface area contributed by atoms with Gasteiger partial charge in [-0.15, -0.1) is 0 Å². The average Bonchev–Trinajstić information content (AvgIpc) is 3.60. The van der Waals surface area contributed by atoms with Crippen LogP contribution >= 0.6 is 0 Å². The molecule has 12 heteroatoms. The van der Waals surface area contributed by atoms with E-state index < -0.39 is 16.2 Å². The van der Waals surface area contributed by atoms with Crippen molar-refractivity contribution in [1.82, 2.24) is 24.3 Å². The predicted octanol–water partition coefficient (Wildman–Crippen LogP) is 3.97. The van der Waals surface area contributed by atoms with Crippen LogP contribution in [0.5, 0.6) is 0 Å². The standard InChI is InChI=1S/C19H25N5O3S.C6H11N3/c1-12(2)24-11-15(10-20-24)22-28(26,27)23-19(25)21-18-16-7-3-5-13(16)9-14-6-4-8-17(14)18;1-5(2)9-4-6(7)3-8-9/h9-12,22H,3-8H2,1-2H3,(H2,21,23,25);3-5H,7H2,1-2H3. The Hall–Kier alpha value is -3.54. The summed E-state index contributed by atoms with van der Waals surface area (Å²) in [6.45, 7) is 8.00. The van der Waals surface area contributed by atoms with Gasteiger partial charge in [-0.1, -0.05) is 6.07 Å². The smallest absolute Gasteiger partial charge is 0.334 e. The van der Waals surface area contributed by atoms with E-state index in [4.69, 9.17) is 5.73 Å². The molecule has 0 aliphatic heterocycles. The van der Waals surface area contributed by atoms with Gasteiger partial charge in [-0.25, -0.2) is 9.52 Å². The molecule has 0 radical (unpaired) electrons. The van der Waals surface area contributed by atoms with Crippen molar-refractivity contribution in [2.75, 3.05) is 15.8 Å². The summed E-state index contributed by atoms with van der Waals surface area (Å²) in [7, 11) is -4.06. The normalized spacial score (nSPS) is 14.2. The lowest BCUT2D eigenvalue weighted by Gasteiger charge is -2.16. The van der Waals surface area contributed by atoms with Gasteiger partial charge >= 0.3 is 16.2 Å². The van der Waals surface area contributed by atoms with Gasteiger partial charge in [-0.3, -0.25) is 14.1 Å². The number of anilines is 3. The number of fused-ring (bicyclic) bond motifs is 2. The minimum atomic E-state index is -4.06. The lowest BCUT2D eigenvalue weighted by atomic mass is 9.99. The summed E-state index contributed by atoms with van der Waals surface area (Å²) < 4.78 is 32.5. The molecule has 5 N–H and O–H groups in total. The highest BCUT2D eigenvalue weighted by atomic mass is 32.2. The molecule has 0 fully saturated rings. The number of nitrogen functional groups attached to an aromatic ring is 1. The van der Waals surface area contributed by atoms with Gasteiger partial charge < -0.3 is 11.1 Å². The summed E-state index contributed by atoms with van der Waals surface area (Å²) >= 11 is 0. The van der Waals surface area contributed by atoms with E-state index in [1.165, 1.54) is 17.3 Å². The summed E-state index contributed by atoms with van der Waals surface area (Å²) in [6.07, 6.45) is 12.5. The molecular weight excluding hydrogens is 492 g/mol. The van der Waals surface area contributed by atoms with Gasteiger partial charge in [0.05, 0.1) is 23.8 Å². The van der Waals surface area contributed by atoms with E-state index in [2.05, 4.69) is 40.2 Å². The maximum Gasteiger partial charge on any atom is 0.334 e. The molecule has 11 nitrogen and oxygen atoms in total. The van der Waals surface area contributed by atoms with Crippen LogP contribution in [-0.4, -0.2) is 34.0 Å². The van der Waals surface area contributed by atoms with Gasteiger partial charge in [0, 0.05) is 30.2 Å². The largest absolute Gasteiger partial charge is 0.396 e. The Balaban J connectivity index is 0.000000301. The number of benzene rings is 1. The zero-order chi connectivity index (χ0) is 26.7. The first kappa shape index (κ1) is 26.5. The number of nitrogens with two attached hydrogens (primary N) is 1. The topological polar surface area (TPSA) is 149 Å². The highest BCUT2D eigenvalue weighted by molar-refractivity contribution is 7.91. The van der Waals surface area contributed by atoms with Crippen molar-refractivity contribution >= 4 is 33.3 Å². The highest BCUT2D eigenvalue weighted by Gasteiger charge is 2.26. The molecule has 0 bridgehead atoms. The first-order valence-electron chi connectivity index (χ1n) is 12.6. The van der Waals surface area contributed by atoms with Crippen LogP contribution in [0.2, 0.25) is 0 Å². The Morgan fingerprint density at radius 2 is 1.49 bits per heavy atom. The highest BCUT2D eigenvalue weighted by Crippen LogP contribution is 2.38. The van der Waals surface area contributed by atoms with Crippen LogP contribution in [0.1, 0.15) is 74.9 Å².